The van der Waals surface area contributed by atoms with Crippen LogP contribution in [0.2, 0.25) is 0 Å². The lowest BCUT2D eigenvalue weighted by atomic mass is 10.0. The molecular formula is C25H28N4O2S. The summed E-state index contributed by atoms with van der Waals surface area (Å²) in [6, 6.07) is 17.3. The van der Waals surface area contributed by atoms with Gasteiger partial charge in [0.05, 0.1) is 6.42 Å². The maximum Gasteiger partial charge on any atom is 0.246 e. The quantitative estimate of drug-likeness (QED) is 0.623. The highest BCUT2D eigenvalue weighted by atomic mass is 32.1. The topological polar surface area (TPSA) is 65.5 Å². The number of hydrogen-bond donors (Lipinski definition) is 1. The normalized spacial score (nSPS) is 15.4. The molecule has 1 N–H and O–H groups in total. The van der Waals surface area contributed by atoms with E-state index in [0.29, 0.717) is 32.6 Å². The van der Waals surface area contributed by atoms with Crippen molar-refractivity contribution in [2.24, 2.45) is 0 Å². The van der Waals surface area contributed by atoms with Crippen LogP contribution in [-0.2, 0) is 16.0 Å². The molecule has 1 aromatic heterocycles. The van der Waals surface area contributed by atoms with Crippen LogP contribution < -0.4 is 5.32 Å². The lowest BCUT2D eigenvalue weighted by Crippen LogP contribution is -2.52. The van der Waals surface area contributed by atoms with Gasteiger partial charge in [-0.1, -0.05) is 48.0 Å². The Morgan fingerprint density at radius 3 is 2.31 bits per heavy atom. The minimum Gasteiger partial charge on any atom is -0.340 e. The number of amides is 2. The molecule has 7 heteroatoms. The lowest BCUT2D eigenvalue weighted by Gasteiger charge is -2.38. The molecule has 0 bridgehead atoms. The number of hydrogen-bond acceptors (Lipinski definition) is 5. The zero-order chi connectivity index (χ0) is 22.5. The number of piperazine rings is 1. The van der Waals surface area contributed by atoms with Crippen molar-refractivity contribution in [1.82, 2.24) is 14.8 Å². The molecule has 166 valence electrons. The first-order valence-corrected chi connectivity index (χ1v) is 11.7. The van der Waals surface area contributed by atoms with Gasteiger partial charge in [-0.05, 0) is 31.5 Å². The Labute approximate surface area is 192 Å². The summed E-state index contributed by atoms with van der Waals surface area (Å²) >= 11 is 1.53. The average molecular weight is 449 g/mol. The summed E-state index contributed by atoms with van der Waals surface area (Å²) in [7, 11) is 0. The van der Waals surface area contributed by atoms with Crippen LogP contribution in [-0.4, -0.2) is 52.8 Å². The fourth-order valence-corrected chi connectivity index (χ4v) is 4.73. The second-order valence-corrected chi connectivity index (χ2v) is 9.09. The second-order valence-electron chi connectivity index (χ2n) is 8.14. The number of rotatable bonds is 6. The number of carbonyl (C=O) groups is 2. The van der Waals surface area contributed by atoms with Crippen LogP contribution in [0.4, 0.5) is 5.69 Å². The molecule has 0 saturated carbocycles. The minimum absolute atomic E-state index is 0.0573. The summed E-state index contributed by atoms with van der Waals surface area (Å²) in [6.45, 7) is 6.45. The van der Waals surface area contributed by atoms with Gasteiger partial charge in [0.15, 0.2) is 0 Å². The van der Waals surface area contributed by atoms with E-state index in [9.17, 15) is 9.59 Å². The van der Waals surface area contributed by atoms with Crippen LogP contribution >= 0.6 is 11.3 Å². The van der Waals surface area contributed by atoms with Crippen molar-refractivity contribution in [3.8, 4) is 0 Å². The van der Waals surface area contributed by atoms with Gasteiger partial charge < -0.3 is 10.2 Å². The third kappa shape index (κ3) is 5.41. The van der Waals surface area contributed by atoms with E-state index in [1.54, 1.807) is 0 Å². The van der Waals surface area contributed by atoms with Crippen LogP contribution in [0, 0.1) is 13.8 Å². The SMILES string of the molecule is Cc1ccc(NC(=O)[C@H](c2ccccc2)N2CCN(C(=O)Cc3nc(C)cs3)CC2)cc1. The molecule has 1 atom stereocenters. The van der Waals surface area contributed by atoms with Gasteiger partial charge in [-0.2, -0.15) is 0 Å². The van der Waals surface area contributed by atoms with Crippen LogP contribution in [0.1, 0.15) is 27.9 Å². The fraction of sp³-hybridized carbons (Fsp3) is 0.320. The number of anilines is 1. The monoisotopic (exact) mass is 448 g/mol. The van der Waals surface area contributed by atoms with Gasteiger partial charge in [0.25, 0.3) is 0 Å². The number of nitrogens with one attached hydrogen (secondary N) is 1. The molecule has 2 aromatic carbocycles. The number of aryl methyl sites for hydroxylation is 2. The van der Waals surface area contributed by atoms with E-state index in [0.717, 1.165) is 27.5 Å². The predicted octanol–water partition coefficient (Wildman–Crippen LogP) is 3.83. The van der Waals surface area contributed by atoms with E-state index in [2.05, 4.69) is 15.2 Å². The predicted molar refractivity (Wildman–Crippen MR) is 128 cm³/mol. The maximum absolute atomic E-state index is 13.3. The molecule has 2 amide bonds. The van der Waals surface area contributed by atoms with E-state index < -0.39 is 6.04 Å². The zero-order valence-corrected chi connectivity index (χ0v) is 19.3. The molecule has 1 aliphatic rings. The Morgan fingerprint density at radius 1 is 1.00 bits per heavy atom. The van der Waals surface area contributed by atoms with E-state index in [-0.39, 0.29) is 11.8 Å². The number of nitrogens with zero attached hydrogens (tertiary/aromatic N) is 3. The van der Waals surface area contributed by atoms with E-state index >= 15 is 0 Å². The molecule has 6 nitrogen and oxygen atoms in total. The van der Waals surface area contributed by atoms with Crippen LogP contribution in [0.3, 0.4) is 0 Å². The second kappa shape index (κ2) is 10.1. The van der Waals surface area contributed by atoms with Gasteiger partial charge in [0.1, 0.15) is 11.0 Å². The molecule has 1 aliphatic heterocycles. The van der Waals surface area contributed by atoms with Crippen molar-refractivity contribution in [1.29, 1.82) is 0 Å². The summed E-state index contributed by atoms with van der Waals surface area (Å²) < 4.78 is 0. The van der Waals surface area contributed by atoms with Crippen molar-refractivity contribution in [3.05, 3.63) is 81.8 Å². The Bertz CT molecular complexity index is 1060. The first kappa shape index (κ1) is 22.2. The Balaban J connectivity index is 1.43. The molecule has 3 aromatic rings. The van der Waals surface area contributed by atoms with Gasteiger partial charge >= 0.3 is 0 Å². The van der Waals surface area contributed by atoms with Crippen molar-refractivity contribution < 1.29 is 9.59 Å². The molecule has 0 radical (unpaired) electrons. The standard InChI is InChI=1S/C25H28N4O2S/c1-18-8-10-21(11-9-18)27-25(31)24(20-6-4-3-5-7-20)29-14-12-28(13-15-29)23(30)16-22-26-19(2)17-32-22/h3-11,17,24H,12-16H2,1-2H3,(H,27,31)/t24-/m0/s1. The molecule has 1 fully saturated rings. The summed E-state index contributed by atoms with van der Waals surface area (Å²) in [5.41, 5.74) is 3.84. The molecule has 0 unspecified atom stereocenters. The summed E-state index contributed by atoms with van der Waals surface area (Å²) in [5, 5.41) is 5.89. The van der Waals surface area contributed by atoms with E-state index in [1.165, 1.54) is 11.3 Å². The summed E-state index contributed by atoms with van der Waals surface area (Å²) in [6.07, 6.45) is 0.342. The largest absolute Gasteiger partial charge is 0.340 e. The third-order valence-electron chi connectivity index (χ3n) is 5.68. The van der Waals surface area contributed by atoms with Crippen LogP contribution in [0.15, 0.2) is 60.0 Å². The average Bonchev–Trinajstić information content (AvgIpc) is 3.21. The van der Waals surface area contributed by atoms with Crippen LogP contribution in [0.5, 0.6) is 0 Å². The molecule has 2 heterocycles. The smallest absolute Gasteiger partial charge is 0.246 e. The lowest BCUT2D eigenvalue weighted by molar-refractivity contribution is -0.133. The number of carbonyl (C=O) groups excluding carboxylic acids is 2. The zero-order valence-electron chi connectivity index (χ0n) is 18.5. The Kier molecular flexibility index (Phi) is 6.97. The third-order valence-corrected chi connectivity index (χ3v) is 6.65. The van der Waals surface area contributed by atoms with Gasteiger partial charge in [-0.3, -0.25) is 14.5 Å². The molecular weight excluding hydrogens is 420 g/mol. The summed E-state index contributed by atoms with van der Waals surface area (Å²) in [4.78, 5) is 34.5. The van der Waals surface area contributed by atoms with Crippen molar-refractivity contribution in [2.75, 3.05) is 31.5 Å². The highest BCUT2D eigenvalue weighted by Gasteiger charge is 2.31. The summed E-state index contributed by atoms with van der Waals surface area (Å²) in [5.74, 6) is 0.0393. The van der Waals surface area contributed by atoms with Crippen LogP contribution in [0.25, 0.3) is 0 Å². The Morgan fingerprint density at radius 2 is 1.69 bits per heavy atom. The van der Waals surface area contributed by atoms with Crippen molar-refractivity contribution in [3.63, 3.8) is 0 Å². The maximum atomic E-state index is 13.3. The first-order chi connectivity index (χ1) is 15.5. The number of benzene rings is 2. The van der Waals surface area contributed by atoms with E-state index in [4.69, 9.17) is 0 Å². The first-order valence-electron chi connectivity index (χ1n) is 10.8. The molecule has 32 heavy (non-hydrogen) atoms. The number of thiazole rings is 1. The molecule has 1 saturated heterocycles. The fourth-order valence-electron chi connectivity index (χ4n) is 3.97. The highest BCUT2D eigenvalue weighted by molar-refractivity contribution is 7.09. The van der Waals surface area contributed by atoms with E-state index in [1.807, 2.05) is 78.7 Å². The van der Waals surface area contributed by atoms with Gasteiger partial charge in [0.2, 0.25) is 11.8 Å². The van der Waals surface area contributed by atoms with Crippen molar-refractivity contribution in [2.45, 2.75) is 26.3 Å². The highest BCUT2D eigenvalue weighted by Crippen LogP contribution is 2.25. The minimum atomic E-state index is -0.406. The molecule has 0 spiro atoms. The van der Waals surface area contributed by atoms with Crippen molar-refractivity contribution >= 4 is 28.8 Å². The van der Waals surface area contributed by atoms with Gasteiger partial charge in [0, 0.05) is 42.9 Å². The number of aromatic nitrogens is 1. The van der Waals surface area contributed by atoms with Gasteiger partial charge in [-0.25, -0.2) is 4.98 Å². The molecule has 0 aliphatic carbocycles. The molecule has 4 rings (SSSR count). The van der Waals surface area contributed by atoms with Gasteiger partial charge in [-0.15, -0.1) is 11.3 Å². The Hall–Kier alpha value is -3.03.